The van der Waals surface area contributed by atoms with Crippen LogP contribution in [0.4, 0.5) is 14.9 Å². The Morgan fingerprint density at radius 3 is 2.57 bits per heavy atom. The van der Waals surface area contributed by atoms with Gasteiger partial charge in [0.15, 0.2) is 0 Å². The highest BCUT2D eigenvalue weighted by Gasteiger charge is 2.38. The minimum Gasteiger partial charge on any atom is -0.339 e. The van der Waals surface area contributed by atoms with E-state index < -0.39 is 0 Å². The number of rotatable bonds is 5. The summed E-state index contributed by atoms with van der Waals surface area (Å²) in [6, 6.07) is 15.2. The number of carbonyl (C=O) groups excluding carboxylic acids is 2. The summed E-state index contributed by atoms with van der Waals surface area (Å²) in [6.07, 6.45) is 3.75. The average molecular weight is 410 g/mol. The van der Waals surface area contributed by atoms with Gasteiger partial charge >= 0.3 is 6.03 Å². The predicted octanol–water partition coefficient (Wildman–Crippen LogP) is 3.46. The summed E-state index contributed by atoms with van der Waals surface area (Å²) in [5.41, 5.74) is 1.51. The molecule has 2 aliphatic rings. The lowest BCUT2D eigenvalue weighted by atomic mass is 9.82. The van der Waals surface area contributed by atoms with Gasteiger partial charge in [0.1, 0.15) is 5.82 Å². The normalized spacial score (nSPS) is 23.2. The number of halogens is 1. The number of hydrogen-bond acceptors (Lipinski definition) is 3. The molecule has 2 aromatic rings. The Hall–Kier alpha value is -2.93. The van der Waals surface area contributed by atoms with Crippen LogP contribution in [0, 0.1) is 11.7 Å². The molecule has 0 bridgehead atoms. The number of benzene rings is 2. The second-order valence-corrected chi connectivity index (χ2v) is 8.03. The number of hydrogen-bond donors (Lipinski definition) is 3. The molecular weight excluding hydrogens is 383 g/mol. The number of para-hydroxylation sites is 1. The second-order valence-electron chi connectivity index (χ2n) is 8.03. The Morgan fingerprint density at radius 2 is 1.80 bits per heavy atom. The van der Waals surface area contributed by atoms with Crippen molar-refractivity contribution in [2.24, 2.45) is 5.92 Å². The van der Waals surface area contributed by atoms with Gasteiger partial charge in [0, 0.05) is 18.3 Å². The predicted molar refractivity (Wildman–Crippen MR) is 113 cm³/mol. The van der Waals surface area contributed by atoms with Crippen molar-refractivity contribution in [3.05, 3.63) is 66.0 Å². The Morgan fingerprint density at radius 1 is 1.07 bits per heavy atom. The lowest BCUT2D eigenvalue weighted by molar-refractivity contribution is -0.131. The molecule has 3 unspecified atom stereocenters. The highest BCUT2D eigenvalue weighted by Crippen LogP contribution is 2.27. The molecule has 0 radical (unpaired) electrons. The van der Waals surface area contributed by atoms with Gasteiger partial charge < -0.3 is 15.5 Å². The fourth-order valence-electron chi connectivity index (χ4n) is 4.30. The highest BCUT2D eigenvalue weighted by molar-refractivity contribution is 5.89. The van der Waals surface area contributed by atoms with Crippen LogP contribution < -0.4 is 16.0 Å². The molecule has 0 aromatic heterocycles. The maximum atomic E-state index is 13.3. The molecule has 3 atom stereocenters. The van der Waals surface area contributed by atoms with E-state index in [-0.39, 0.29) is 35.9 Å². The zero-order valence-electron chi connectivity index (χ0n) is 16.8. The molecule has 3 N–H and O–H groups in total. The van der Waals surface area contributed by atoms with Gasteiger partial charge in [-0.25, -0.2) is 9.18 Å². The lowest BCUT2D eigenvalue weighted by Gasteiger charge is -2.41. The number of carbonyl (C=O) groups is 2. The first-order valence-electron chi connectivity index (χ1n) is 10.5. The summed E-state index contributed by atoms with van der Waals surface area (Å²) in [7, 11) is 0. The standard InChI is InChI=1S/C23H27FN4O2/c24-17-12-10-16(11-13-17)14-28(23(30)25-18-6-2-1-3-7-18)15-21-26-20-9-5-4-8-19(20)22(29)27-21/h1-3,6-7,10-13,19-21,26H,4-5,8-9,14-15H2,(H,25,30)(H,27,29). The van der Waals surface area contributed by atoms with E-state index >= 15 is 0 Å². The van der Waals surface area contributed by atoms with Crippen LogP contribution in [0.3, 0.4) is 0 Å². The summed E-state index contributed by atoms with van der Waals surface area (Å²) in [5, 5.41) is 9.45. The minimum absolute atomic E-state index is 0.0127. The van der Waals surface area contributed by atoms with Gasteiger partial charge in [0.05, 0.1) is 18.6 Å². The first-order valence-corrected chi connectivity index (χ1v) is 10.5. The lowest BCUT2D eigenvalue weighted by Crippen LogP contribution is -2.65. The van der Waals surface area contributed by atoms with Crippen molar-refractivity contribution in [1.29, 1.82) is 0 Å². The summed E-state index contributed by atoms with van der Waals surface area (Å²) < 4.78 is 13.3. The molecule has 1 saturated heterocycles. The van der Waals surface area contributed by atoms with E-state index in [1.165, 1.54) is 12.1 Å². The Bertz CT molecular complexity index is 875. The number of nitrogens with zero attached hydrogens (tertiary/aromatic N) is 1. The Balaban J connectivity index is 1.48. The topological polar surface area (TPSA) is 73.5 Å². The smallest absolute Gasteiger partial charge is 0.322 e. The second kappa shape index (κ2) is 9.26. The van der Waals surface area contributed by atoms with E-state index in [9.17, 15) is 14.0 Å². The molecule has 1 heterocycles. The quantitative estimate of drug-likeness (QED) is 0.707. The maximum absolute atomic E-state index is 13.3. The monoisotopic (exact) mass is 410 g/mol. The van der Waals surface area contributed by atoms with Crippen molar-refractivity contribution in [1.82, 2.24) is 15.5 Å². The van der Waals surface area contributed by atoms with Gasteiger partial charge in [0.25, 0.3) is 0 Å². The van der Waals surface area contributed by atoms with Gasteiger partial charge in [-0.3, -0.25) is 10.1 Å². The molecule has 158 valence electrons. The molecule has 1 aliphatic heterocycles. The van der Waals surface area contributed by atoms with Crippen molar-refractivity contribution in [2.45, 2.75) is 44.4 Å². The molecule has 6 nitrogen and oxygen atoms in total. The Labute approximate surface area is 175 Å². The fourth-order valence-corrected chi connectivity index (χ4v) is 4.30. The first-order chi connectivity index (χ1) is 14.6. The number of amides is 3. The van der Waals surface area contributed by atoms with Crippen molar-refractivity contribution >= 4 is 17.6 Å². The molecule has 3 amide bonds. The van der Waals surface area contributed by atoms with Crippen molar-refractivity contribution < 1.29 is 14.0 Å². The molecule has 0 spiro atoms. The van der Waals surface area contributed by atoms with E-state index in [1.807, 2.05) is 30.3 Å². The van der Waals surface area contributed by atoms with E-state index in [2.05, 4.69) is 16.0 Å². The van der Waals surface area contributed by atoms with E-state index in [0.717, 1.165) is 31.2 Å². The average Bonchev–Trinajstić information content (AvgIpc) is 2.75. The zero-order valence-corrected chi connectivity index (χ0v) is 16.8. The van der Waals surface area contributed by atoms with Crippen LogP contribution in [-0.2, 0) is 11.3 Å². The van der Waals surface area contributed by atoms with Crippen molar-refractivity contribution in [3.63, 3.8) is 0 Å². The van der Waals surface area contributed by atoms with Crippen LogP contribution in [0.5, 0.6) is 0 Å². The third-order valence-corrected chi connectivity index (χ3v) is 5.84. The highest BCUT2D eigenvalue weighted by atomic mass is 19.1. The van der Waals surface area contributed by atoms with Crippen LogP contribution >= 0.6 is 0 Å². The van der Waals surface area contributed by atoms with Crippen LogP contribution in [0.25, 0.3) is 0 Å². The molecule has 1 saturated carbocycles. The Kier molecular flexibility index (Phi) is 6.28. The van der Waals surface area contributed by atoms with Gasteiger partial charge in [-0.05, 0) is 42.7 Å². The number of urea groups is 1. The van der Waals surface area contributed by atoms with Crippen molar-refractivity contribution in [3.8, 4) is 0 Å². The summed E-state index contributed by atoms with van der Waals surface area (Å²) in [5.74, 6) is -0.240. The summed E-state index contributed by atoms with van der Waals surface area (Å²) >= 11 is 0. The number of anilines is 1. The van der Waals surface area contributed by atoms with Crippen LogP contribution in [-0.4, -0.2) is 35.6 Å². The van der Waals surface area contributed by atoms with Gasteiger partial charge in [0.2, 0.25) is 5.91 Å². The minimum atomic E-state index is -0.321. The molecule has 7 heteroatoms. The molecule has 2 aromatic carbocycles. The van der Waals surface area contributed by atoms with Crippen molar-refractivity contribution in [2.75, 3.05) is 11.9 Å². The van der Waals surface area contributed by atoms with Crippen LogP contribution in [0.15, 0.2) is 54.6 Å². The molecule has 4 rings (SSSR count). The fraction of sp³-hybridized carbons (Fsp3) is 0.391. The van der Waals surface area contributed by atoms with E-state index in [1.54, 1.807) is 17.0 Å². The van der Waals surface area contributed by atoms with Gasteiger partial charge in [-0.2, -0.15) is 0 Å². The first kappa shape index (κ1) is 20.3. The molecule has 2 fully saturated rings. The largest absolute Gasteiger partial charge is 0.339 e. The molecule has 1 aliphatic carbocycles. The van der Waals surface area contributed by atoms with Gasteiger partial charge in [-0.1, -0.05) is 43.2 Å². The maximum Gasteiger partial charge on any atom is 0.322 e. The third-order valence-electron chi connectivity index (χ3n) is 5.84. The summed E-state index contributed by atoms with van der Waals surface area (Å²) in [6.45, 7) is 0.617. The third kappa shape index (κ3) is 4.97. The van der Waals surface area contributed by atoms with E-state index in [0.29, 0.717) is 18.8 Å². The summed E-state index contributed by atoms with van der Waals surface area (Å²) in [4.78, 5) is 27.2. The molecule has 30 heavy (non-hydrogen) atoms. The zero-order chi connectivity index (χ0) is 20.9. The van der Waals surface area contributed by atoms with Crippen LogP contribution in [0.2, 0.25) is 0 Å². The van der Waals surface area contributed by atoms with E-state index in [4.69, 9.17) is 0 Å². The number of fused-ring (bicyclic) bond motifs is 1. The number of nitrogens with one attached hydrogen (secondary N) is 3. The van der Waals surface area contributed by atoms with Gasteiger partial charge in [-0.15, -0.1) is 0 Å². The molecular formula is C23H27FN4O2. The van der Waals surface area contributed by atoms with Crippen LogP contribution in [0.1, 0.15) is 31.2 Å². The SMILES string of the molecule is O=C1NC(CN(Cc2ccc(F)cc2)C(=O)Nc2ccccc2)NC2CCCCC12.